The number of pyridine rings is 1. The highest BCUT2D eigenvalue weighted by Gasteiger charge is 2.33. The minimum atomic E-state index is -4.62. The number of anilines is 3. The predicted octanol–water partition coefficient (Wildman–Crippen LogP) is 3.55. The number of fused-ring (bicyclic) bond motifs is 1. The van der Waals surface area contributed by atoms with Crippen LogP contribution in [0.1, 0.15) is 16.8 Å². The summed E-state index contributed by atoms with van der Waals surface area (Å²) in [5, 5.41) is 7.91. The van der Waals surface area contributed by atoms with Gasteiger partial charge in [-0.05, 0) is 38.6 Å². The molecule has 0 radical (unpaired) electrons. The summed E-state index contributed by atoms with van der Waals surface area (Å²) in [5.41, 5.74) is 1.30. The number of piperazine rings is 1. The summed E-state index contributed by atoms with van der Waals surface area (Å²) >= 11 is 0. The summed E-state index contributed by atoms with van der Waals surface area (Å²) in [4.78, 5) is 34.3. The van der Waals surface area contributed by atoms with Gasteiger partial charge in [-0.1, -0.05) is 6.07 Å². The van der Waals surface area contributed by atoms with Crippen molar-refractivity contribution in [3.05, 3.63) is 41.2 Å². The number of hydrogen-bond donors (Lipinski definition) is 1. The molecule has 3 heterocycles. The van der Waals surface area contributed by atoms with Gasteiger partial charge in [0, 0.05) is 33.2 Å². The minimum Gasteiger partial charge on any atom is -0.367 e. The number of nitrogens with one attached hydrogen (secondary N) is 1. The normalized spacial score (nSPS) is 14.9. The first-order valence-corrected chi connectivity index (χ1v) is 11.0. The highest BCUT2D eigenvalue weighted by Crippen LogP contribution is 2.37. The maximum Gasteiger partial charge on any atom is 0.416 e. The van der Waals surface area contributed by atoms with Crippen LogP contribution in [0.3, 0.4) is 0 Å². The van der Waals surface area contributed by atoms with E-state index >= 15 is 0 Å². The van der Waals surface area contributed by atoms with Crippen molar-refractivity contribution in [3.63, 3.8) is 0 Å². The number of imide groups is 1. The van der Waals surface area contributed by atoms with E-state index in [1.165, 1.54) is 25.3 Å². The molecule has 0 unspecified atom stereocenters. The van der Waals surface area contributed by atoms with Crippen molar-refractivity contribution >= 4 is 40.5 Å². The van der Waals surface area contributed by atoms with Crippen LogP contribution >= 0.6 is 0 Å². The number of aryl methyl sites for hydroxylation is 3. The van der Waals surface area contributed by atoms with Gasteiger partial charge >= 0.3 is 12.2 Å². The predicted molar refractivity (Wildman–Crippen MR) is 127 cm³/mol. The lowest BCUT2D eigenvalue weighted by Gasteiger charge is -2.35. The largest absolute Gasteiger partial charge is 0.416 e. The molecular weight excluding hydrogens is 463 g/mol. The van der Waals surface area contributed by atoms with Crippen LogP contribution in [0.5, 0.6) is 0 Å². The van der Waals surface area contributed by atoms with Gasteiger partial charge in [0.15, 0.2) is 5.65 Å². The molecule has 1 fully saturated rings. The summed E-state index contributed by atoms with van der Waals surface area (Å²) in [6.45, 7) is 6.16. The van der Waals surface area contributed by atoms with E-state index in [-0.39, 0.29) is 17.7 Å². The molecule has 35 heavy (non-hydrogen) atoms. The van der Waals surface area contributed by atoms with Crippen molar-refractivity contribution < 1.29 is 22.8 Å². The summed E-state index contributed by atoms with van der Waals surface area (Å²) in [6.07, 6.45) is -2.95. The highest BCUT2D eigenvalue weighted by molar-refractivity contribution is 6.14. The van der Waals surface area contributed by atoms with Crippen LogP contribution < -0.4 is 15.1 Å². The Morgan fingerprint density at radius 3 is 2.46 bits per heavy atom. The molecule has 1 saturated heterocycles. The number of benzene rings is 1. The number of likely N-dealkylation sites (N-methyl/N-ethyl adjacent to an activating group) is 1. The number of urea groups is 1. The SMILES string of the molecule is Cc1ccc(N(C=O)C(=O)Nc2cnc3c(c(C)nn3C)c2N2CCN(C)CC2)cc1C(F)(F)F. The monoisotopic (exact) mass is 489 g/mol. The van der Waals surface area contributed by atoms with E-state index in [1.54, 1.807) is 11.7 Å². The fourth-order valence-electron chi connectivity index (χ4n) is 4.31. The van der Waals surface area contributed by atoms with E-state index in [0.717, 1.165) is 30.2 Å². The molecule has 0 aliphatic carbocycles. The zero-order valence-corrected chi connectivity index (χ0v) is 19.8. The first-order valence-electron chi connectivity index (χ1n) is 11.0. The van der Waals surface area contributed by atoms with Gasteiger partial charge in [0.25, 0.3) is 0 Å². The van der Waals surface area contributed by atoms with Gasteiger partial charge in [-0.2, -0.15) is 18.3 Å². The fourth-order valence-corrected chi connectivity index (χ4v) is 4.31. The summed E-state index contributed by atoms with van der Waals surface area (Å²) in [6, 6.07) is 2.42. The molecule has 12 heteroatoms. The van der Waals surface area contributed by atoms with E-state index in [9.17, 15) is 22.8 Å². The summed E-state index contributed by atoms with van der Waals surface area (Å²) in [5.74, 6) is 0. The molecular formula is C23H26F3N7O2. The Bertz CT molecular complexity index is 1280. The van der Waals surface area contributed by atoms with Gasteiger partial charge in [0.2, 0.25) is 6.41 Å². The van der Waals surface area contributed by atoms with Crippen LogP contribution in [0.2, 0.25) is 0 Å². The lowest BCUT2D eigenvalue weighted by Crippen LogP contribution is -2.45. The molecule has 4 rings (SSSR count). The van der Waals surface area contributed by atoms with Gasteiger partial charge in [0.1, 0.15) is 0 Å². The van der Waals surface area contributed by atoms with Crippen LogP contribution in [0.4, 0.5) is 35.0 Å². The Morgan fingerprint density at radius 1 is 1.14 bits per heavy atom. The maximum absolute atomic E-state index is 13.4. The number of aromatic nitrogens is 3. The van der Waals surface area contributed by atoms with E-state index in [1.807, 2.05) is 14.0 Å². The third-order valence-corrected chi connectivity index (χ3v) is 6.19. The van der Waals surface area contributed by atoms with Crippen LogP contribution in [-0.4, -0.2) is 65.3 Å². The minimum absolute atomic E-state index is 0.00781. The Balaban J connectivity index is 1.73. The molecule has 0 spiro atoms. The summed E-state index contributed by atoms with van der Waals surface area (Å²) < 4.78 is 41.8. The molecule has 0 atom stereocenters. The fraction of sp³-hybridized carbons (Fsp3) is 0.391. The zero-order valence-electron chi connectivity index (χ0n) is 19.8. The van der Waals surface area contributed by atoms with Gasteiger partial charge in [0.05, 0.1) is 39.9 Å². The average Bonchev–Trinajstić information content (AvgIpc) is 3.08. The van der Waals surface area contributed by atoms with Gasteiger partial charge in [-0.25, -0.2) is 14.7 Å². The van der Waals surface area contributed by atoms with Crippen LogP contribution in [-0.2, 0) is 18.0 Å². The van der Waals surface area contributed by atoms with Crippen LogP contribution in [0, 0.1) is 13.8 Å². The second kappa shape index (κ2) is 9.17. The van der Waals surface area contributed by atoms with Crippen molar-refractivity contribution in [3.8, 4) is 0 Å². The van der Waals surface area contributed by atoms with Crippen molar-refractivity contribution in [2.24, 2.45) is 7.05 Å². The Kier molecular flexibility index (Phi) is 6.41. The third kappa shape index (κ3) is 4.65. The van der Waals surface area contributed by atoms with Crippen molar-refractivity contribution in [1.29, 1.82) is 0 Å². The molecule has 0 bridgehead atoms. The molecule has 1 aliphatic rings. The molecule has 3 amide bonds. The van der Waals surface area contributed by atoms with Crippen LogP contribution in [0.15, 0.2) is 24.4 Å². The number of carbonyl (C=O) groups is 2. The number of halogens is 3. The van der Waals surface area contributed by atoms with E-state index in [4.69, 9.17) is 0 Å². The first kappa shape index (κ1) is 24.5. The Hall–Kier alpha value is -3.67. The average molecular weight is 490 g/mol. The lowest BCUT2D eigenvalue weighted by molar-refractivity contribution is -0.138. The van der Waals surface area contributed by atoms with E-state index < -0.39 is 17.8 Å². The van der Waals surface area contributed by atoms with Gasteiger partial charge in [-0.3, -0.25) is 9.48 Å². The highest BCUT2D eigenvalue weighted by atomic mass is 19.4. The molecule has 1 N–H and O–H groups in total. The van der Waals surface area contributed by atoms with Crippen LogP contribution in [0.25, 0.3) is 11.0 Å². The van der Waals surface area contributed by atoms with Crippen molar-refractivity contribution in [1.82, 2.24) is 19.7 Å². The Morgan fingerprint density at radius 2 is 1.83 bits per heavy atom. The molecule has 0 saturated carbocycles. The van der Waals surface area contributed by atoms with Crippen molar-refractivity contribution in [2.45, 2.75) is 20.0 Å². The second-order valence-electron chi connectivity index (χ2n) is 8.62. The molecule has 2 aromatic heterocycles. The summed E-state index contributed by atoms with van der Waals surface area (Å²) in [7, 11) is 3.80. The first-order chi connectivity index (χ1) is 16.5. The Labute approximate surface area is 200 Å². The number of amides is 3. The smallest absolute Gasteiger partial charge is 0.367 e. The number of hydrogen-bond acceptors (Lipinski definition) is 6. The molecule has 1 aliphatic heterocycles. The van der Waals surface area contributed by atoms with Gasteiger partial charge < -0.3 is 15.1 Å². The van der Waals surface area contributed by atoms with E-state index in [0.29, 0.717) is 35.0 Å². The third-order valence-electron chi connectivity index (χ3n) is 6.19. The van der Waals surface area contributed by atoms with E-state index in [2.05, 4.69) is 25.2 Å². The number of alkyl halides is 3. The number of carbonyl (C=O) groups excluding carboxylic acids is 2. The molecule has 3 aromatic rings. The number of rotatable bonds is 4. The lowest BCUT2D eigenvalue weighted by atomic mass is 10.1. The maximum atomic E-state index is 13.4. The van der Waals surface area contributed by atoms with Crippen molar-refractivity contribution in [2.75, 3.05) is 48.3 Å². The molecule has 186 valence electrons. The molecule has 1 aromatic carbocycles. The quantitative estimate of drug-likeness (QED) is 0.564. The topological polar surface area (TPSA) is 86.6 Å². The second-order valence-corrected chi connectivity index (χ2v) is 8.62. The zero-order chi connectivity index (χ0) is 25.5. The standard InChI is InChI=1S/C23H26F3N7O2/c1-14-5-6-16(11-17(14)23(24,25)26)33(13-34)22(35)28-18-12-27-21-19(15(2)29-31(21)4)20(18)32-9-7-30(3)8-10-32/h5-6,11-13H,7-10H2,1-4H3,(H,28,35). The number of nitrogens with zero attached hydrogens (tertiary/aromatic N) is 6. The molecule has 9 nitrogen and oxygen atoms in total. The van der Waals surface area contributed by atoms with Gasteiger partial charge in [-0.15, -0.1) is 0 Å².